The fraction of sp³-hybridized carbons (Fsp3) is 0.769. The minimum Gasteiger partial charge on any atom is -0.314 e. The summed E-state index contributed by atoms with van der Waals surface area (Å²) in [6.07, 6.45) is 0. The van der Waals surface area contributed by atoms with Crippen LogP contribution in [-0.2, 0) is 16.6 Å². The molecule has 0 bridgehead atoms. The lowest BCUT2D eigenvalue weighted by Crippen LogP contribution is -2.40. The van der Waals surface area contributed by atoms with E-state index in [0.717, 1.165) is 6.54 Å². The third kappa shape index (κ3) is 5.06. The molecule has 1 aromatic rings. The Labute approximate surface area is 127 Å². The summed E-state index contributed by atoms with van der Waals surface area (Å²) in [5.74, 6) is 0. The van der Waals surface area contributed by atoms with Gasteiger partial charge < -0.3 is 10.2 Å². The van der Waals surface area contributed by atoms with E-state index >= 15 is 0 Å². The quantitative estimate of drug-likeness (QED) is 0.642. The number of nitrogens with one attached hydrogen (secondary N) is 3. The van der Waals surface area contributed by atoms with Crippen molar-refractivity contribution in [3.63, 3.8) is 0 Å². The smallest absolute Gasteiger partial charge is 0.244 e. The standard InChI is InChI=1S/C13H27N5O2S/c1-10-12(11(7-14-4)17-16-10)21(19,20)15-8-13(2,3)9-18(5)6/h14-15H,7-9H2,1-6H3,(H,16,17). The molecule has 0 fully saturated rings. The molecule has 1 aromatic heterocycles. The number of sulfonamides is 1. The Bertz CT molecular complexity index is 563. The minimum absolute atomic E-state index is 0.155. The largest absolute Gasteiger partial charge is 0.314 e. The highest BCUT2D eigenvalue weighted by Crippen LogP contribution is 2.20. The van der Waals surface area contributed by atoms with Crippen molar-refractivity contribution in [3.05, 3.63) is 11.4 Å². The van der Waals surface area contributed by atoms with Crippen molar-refractivity contribution in [3.8, 4) is 0 Å². The molecule has 0 spiro atoms. The normalized spacial score (nSPS) is 13.1. The highest BCUT2D eigenvalue weighted by Gasteiger charge is 2.27. The van der Waals surface area contributed by atoms with Crippen molar-refractivity contribution < 1.29 is 8.42 Å². The monoisotopic (exact) mass is 317 g/mol. The van der Waals surface area contributed by atoms with E-state index < -0.39 is 10.0 Å². The topological polar surface area (TPSA) is 90.1 Å². The zero-order chi connectivity index (χ0) is 16.3. The molecule has 0 radical (unpaired) electrons. The highest BCUT2D eigenvalue weighted by molar-refractivity contribution is 7.89. The van der Waals surface area contributed by atoms with Gasteiger partial charge in [0.25, 0.3) is 0 Å². The van der Waals surface area contributed by atoms with E-state index in [1.807, 2.05) is 32.8 Å². The fourth-order valence-electron chi connectivity index (χ4n) is 2.39. The van der Waals surface area contributed by atoms with Crippen LogP contribution in [0, 0.1) is 12.3 Å². The number of aromatic amines is 1. The molecule has 1 rings (SSSR count). The van der Waals surface area contributed by atoms with Crippen LogP contribution >= 0.6 is 0 Å². The van der Waals surface area contributed by atoms with Crippen molar-refractivity contribution in [2.75, 3.05) is 34.2 Å². The molecule has 7 nitrogen and oxygen atoms in total. The fourth-order valence-corrected chi connectivity index (χ4v) is 3.99. The van der Waals surface area contributed by atoms with Gasteiger partial charge in [0.1, 0.15) is 4.90 Å². The number of aryl methyl sites for hydroxylation is 1. The van der Waals surface area contributed by atoms with Gasteiger partial charge in [0.05, 0.1) is 11.4 Å². The zero-order valence-corrected chi connectivity index (χ0v) is 14.6. The lowest BCUT2D eigenvalue weighted by atomic mass is 9.93. The van der Waals surface area contributed by atoms with Gasteiger partial charge in [-0.1, -0.05) is 13.8 Å². The Morgan fingerprint density at radius 2 is 1.95 bits per heavy atom. The van der Waals surface area contributed by atoms with Crippen LogP contribution in [0.3, 0.4) is 0 Å². The number of nitrogens with zero attached hydrogens (tertiary/aromatic N) is 2. The molecular weight excluding hydrogens is 290 g/mol. The average molecular weight is 317 g/mol. The van der Waals surface area contributed by atoms with Gasteiger partial charge in [0, 0.05) is 19.6 Å². The predicted molar refractivity (Wildman–Crippen MR) is 83.6 cm³/mol. The van der Waals surface area contributed by atoms with Crippen LogP contribution in [0.5, 0.6) is 0 Å². The number of hydrogen-bond acceptors (Lipinski definition) is 5. The number of hydrogen-bond donors (Lipinski definition) is 3. The second-order valence-electron chi connectivity index (χ2n) is 6.38. The van der Waals surface area contributed by atoms with E-state index in [2.05, 4.69) is 20.2 Å². The lowest BCUT2D eigenvalue weighted by molar-refractivity contribution is 0.242. The van der Waals surface area contributed by atoms with Crippen molar-refractivity contribution >= 4 is 10.0 Å². The van der Waals surface area contributed by atoms with Gasteiger partial charge in [0.15, 0.2) is 0 Å². The van der Waals surface area contributed by atoms with Gasteiger partial charge in [-0.25, -0.2) is 13.1 Å². The summed E-state index contributed by atoms with van der Waals surface area (Å²) < 4.78 is 27.8. The first kappa shape index (κ1) is 18.1. The summed E-state index contributed by atoms with van der Waals surface area (Å²) >= 11 is 0. The Balaban J connectivity index is 2.90. The lowest BCUT2D eigenvalue weighted by Gasteiger charge is -2.28. The van der Waals surface area contributed by atoms with E-state index in [0.29, 0.717) is 24.5 Å². The Hall–Kier alpha value is -0.960. The highest BCUT2D eigenvalue weighted by atomic mass is 32.2. The summed E-state index contributed by atoms with van der Waals surface area (Å²) in [6.45, 7) is 7.35. The summed E-state index contributed by atoms with van der Waals surface area (Å²) in [5.41, 5.74) is 0.906. The van der Waals surface area contributed by atoms with Crippen molar-refractivity contribution in [2.45, 2.75) is 32.2 Å². The maximum absolute atomic E-state index is 12.5. The van der Waals surface area contributed by atoms with E-state index in [-0.39, 0.29) is 10.3 Å². The van der Waals surface area contributed by atoms with E-state index in [9.17, 15) is 8.42 Å². The molecule has 0 aromatic carbocycles. The van der Waals surface area contributed by atoms with E-state index in [1.165, 1.54) is 0 Å². The second-order valence-corrected chi connectivity index (χ2v) is 8.09. The van der Waals surface area contributed by atoms with Gasteiger partial charge >= 0.3 is 0 Å². The van der Waals surface area contributed by atoms with Gasteiger partial charge in [0.2, 0.25) is 10.0 Å². The predicted octanol–water partition coefficient (Wildman–Crippen LogP) is 0.304. The molecule has 0 saturated carbocycles. The van der Waals surface area contributed by atoms with Gasteiger partial charge in [-0.2, -0.15) is 5.10 Å². The van der Waals surface area contributed by atoms with Crippen LogP contribution in [0.4, 0.5) is 0 Å². The summed E-state index contributed by atoms with van der Waals surface area (Å²) in [5, 5.41) is 9.72. The molecule has 0 amide bonds. The average Bonchev–Trinajstić information content (AvgIpc) is 2.68. The summed E-state index contributed by atoms with van der Waals surface area (Å²) in [4.78, 5) is 2.29. The maximum Gasteiger partial charge on any atom is 0.244 e. The van der Waals surface area contributed by atoms with Crippen molar-refractivity contribution in [1.29, 1.82) is 0 Å². The Morgan fingerprint density at radius 3 is 2.48 bits per heavy atom. The number of rotatable bonds is 8. The second kappa shape index (κ2) is 6.87. The zero-order valence-electron chi connectivity index (χ0n) is 13.7. The van der Waals surface area contributed by atoms with Crippen LogP contribution in [0.1, 0.15) is 25.2 Å². The van der Waals surface area contributed by atoms with Gasteiger partial charge in [-0.05, 0) is 33.5 Å². The molecule has 0 aliphatic rings. The molecular formula is C13H27N5O2S. The van der Waals surface area contributed by atoms with Crippen LogP contribution in [0.15, 0.2) is 4.90 Å². The van der Waals surface area contributed by atoms with E-state index in [1.54, 1.807) is 14.0 Å². The summed E-state index contributed by atoms with van der Waals surface area (Å²) in [6, 6.07) is 0. The maximum atomic E-state index is 12.5. The molecule has 0 atom stereocenters. The molecule has 1 heterocycles. The molecule has 122 valence electrons. The van der Waals surface area contributed by atoms with Crippen LogP contribution in [0.25, 0.3) is 0 Å². The van der Waals surface area contributed by atoms with Crippen LogP contribution in [0.2, 0.25) is 0 Å². The Morgan fingerprint density at radius 1 is 1.33 bits per heavy atom. The third-order valence-corrected chi connectivity index (χ3v) is 4.66. The molecule has 0 saturated heterocycles. The molecule has 21 heavy (non-hydrogen) atoms. The first-order valence-electron chi connectivity index (χ1n) is 6.92. The Kier molecular flexibility index (Phi) is 5.92. The molecule has 0 aliphatic heterocycles. The number of aromatic nitrogens is 2. The number of H-pyrrole nitrogens is 1. The first-order valence-corrected chi connectivity index (χ1v) is 8.40. The summed E-state index contributed by atoms with van der Waals surface area (Å²) in [7, 11) is 2.13. The first-order chi connectivity index (χ1) is 9.59. The minimum atomic E-state index is -3.57. The SMILES string of the molecule is CNCc1n[nH]c(C)c1S(=O)(=O)NCC(C)(C)CN(C)C. The van der Waals surface area contributed by atoms with Gasteiger partial charge in [-0.3, -0.25) is 5.10 Å². The van der Waals surface area contributed by atoms with Crippen LogP contribution in [-0.4, -0.2) is 57.7 Å². The molecule has 3 N–H and O–H groups in total. The van der Waals surface area contributed by atoms with Crippen molar-refractivity contribution in [2.24, 2.45) is 5.41 Å². The molecule has 0 aliphatic carbocycles. The van der Waals surface area contributed by atoms with Crippen LogP contribution < -0.4 is 10.0 Å². The van der Waals surface area contributed by atoms with Gasteiger partial charge in [-0.15, -0.1) is 0 Å². The van der Waals surface area contributed by atoms with E-state index in [4.69, 9.17) is 0 Å². The van der Waals surface area contributed by atoms with Crippen molar-refractivity contribution in [1.82, 2.24) is 25.1 Å². The third-order valence-electron chi connectivity index (χ3n) is 3.06. The molecule has 8 heteroatoms. The molecule has 0 unspecified atom stereocenters.